The van der Waals surface area contributed by atoms with Gasteiger partial charge < -0.3 is 24.0 Å². The van der Waals surface area contributed by atoms with Crippen LogP contribution in [0, 0.1) is 6.07 Å². The first-order chi connectivity index (χ1) is 4.61. The van der Waals surface area contributed by atoms with Gasteiger partial charge in [0, 0.05) is 0 Å². The van der Waals surface area contributed by atoms with E-state index < -0.39 is 11.7 Å². The third kappa shape index (κ3) is 4.40. The van der Waals surface area contributed by atoms with Crippen molar-refractivity contribution in [1.82, 2.24) is 0 Å². The number of rotatable bonds is 0. The van der Waals surface area contributed by atoms with E-state index in [1.165, 1.54) is 12.1 Å². The van der Waals surface area contributed by atoms with Gasteiger partial charge in [-0.1, -0.05) is 5.56 Å². The molecule has 0 bridgehead atoms. The fourth-order valence-corrected chi connectivity index (χ4v) is 0.570. The third-order valence-corrected chi connectivity index (χ3v) is 1.03. The summed E-state index contributed by atoms with van der Waals surface area (Å²) in [5, 5.41) is 0. The molecule has 0 fully saturated rings. The quantitative estimate of drug-likeness (QED) is 0.340. The van der Waals surface area contributed by atoms with Crippen LogP contribution in [-0.2, 0) is 25.7 Å². The first kappa shape index (κ1) is 14.9. The predicted molar refractivity (Wildman–Crippen MR) is 30.3 cm³/mol. The Morgan fingerprint density at radius 2 is 1.83 bits per heavy atom. The molecule has 0 aliphatic carbocycles. The number of halogens is 4. The Morgan fingerprint density at radius 1 is 1.25 bits per heavy atom. The molecule has 0 aromatic heterocycles. The number of alkyl halides is 3. The molecule has 0 saturated heterocycles. The first-order valence-corrected chi connectivity index (χ1v) is 2.64. The van der Waals surface area contributed by atoms with Crippen LogP contribution in [0.1, 0.15) is 5.56 Å². The molecule has 0 nitrogen and oxygen atoms in total. The van der Waals surface area contributed by atoms with Gasteiger partial charge in [-0.25, -0.2) is 0 Å². The van der Waals surface area contributed by atoms with Crippen LogP contribution in [0.2, 0.25) is 0 Å². The molecule has 0 heterocycles. The molecule has 5 heteroatoms. The molecular weight excluding hydrogens is 333 g/mol. The van der Waals surface area contributed by atoms with Crippen LogP contribution >= 0.6 is 0 Å². The SMILES string of the molecule is FC(F)(F)c1c[c-]ccc1.[I-].[Zn+2]. The molecule has 1 aromatic rings. The molecule has 0 amide bonds. The van der Waals surface area contributed by atoms with E-state index >= 15 is 0 Å². The van der Waals surface area contributed by atoms with Gasteiger partial charge in [-0.3, -0.25) is 0 Å². The van der Waals surface area contributed by atoms with Crippen molar-refractivity contribution in [3.8, 4) is 0 Å². The minimum absolute atomic E-state index is 0. The second-order valence-corrected chi connectivity index (χ2v) is 1.79. The fourth-order valence-electron chi connectivity index (χ4n) is 0.570. The Kier molecular flexibility index (Phi) is 7.33. The minimum atomic E-state index is -4.24. The van der Waals surface area contributed by atoms with E-state index in [-0.39, 0.29) is 43.5 Å². The van der Waals surface area contributed by atoms with Gasteiger partial charge in [0.25, 0.3) is 0 Å². The average molecular weight is 337 g/mol. The zero-order chi connectivity index (χ0) is 7.61. The zero-order valence-electron chi connectivity index (χ0n) is 6.03. The summed E-state index contributed by atoms with van der Waals surface area (Å²) in [4.78, 5) is 0. The van der Waals surface area contributed by atoms with Crippen molar-refractivity contribution in [3.05, 3.63) is 35.9 Å². The molecule has 0 saturated carbocycles. The second kappa shape index (κ2) is 5.92. The molecule has 0 unspecified atom stereocenters. The minimum Gasteiger partial charge on any atom is -1.00 e. The zero-order valence-corrected chi connectivity index (χ0v) is 11.2. The standard InChI is InChI=1S/C7H4F3.HI.Zn/c8-7(9,10)6-4-2-1-3-5-6;;/h1-2,4-5H;1H;/q-1;;+2/p-1. The molecule has 0 radical (unpaired) electrons. The summed E-state index contributed by atoms with van der Waals surface area (Å²) in [6, 6.07) is 7.01. The van der Waals surface area contributed by atoms with Crippen LogP contribution in [0.3, 0.4) is 0 Å². The van der Waals surface area contributed by atoms with Gasteiger partial charge in [0.1, 0.15) is 0 Å². The average Bonchev–Trinajstić information content (AvgIpc) is 1.88. The Labute approximate surface area is 98.3 Å². The Balaban J connectivity index is 0. The molecule has 0 aliphatic heterocycles. The molecule has 62 valence electrons. The monoisotopic (exact) mass is 336 g/mol. The van der Waals surface area contributed by atoms with E-state index in [0.717, 1.165) is 12.1 Å². The molecule has 0 N–H and O–H groups in total. The fraction of sp³-hybridized carbons (Fsp3) is 0.143. The maximum Gasteiger partial charge on any atom is 2.00 e. The largest absolute Gasteiger partial charge is 2.00 e. The van der Waals surface area contributed by atoms with E-state index in [0.29, 0.717) is 0 Å². The molecular formula is C7H4F3IZn. The number of benzene rings is 1. The van der Waals surface area contributed by atoms with Crippen LogP contribution in [-0.4, -0.2) is 0 Å². The third-order valence-electron chi connectivity index (χ3n) is 1.03. The summed E-state index contributed by atoms with van der Waals surface area (Å²) in [7, 11) is 0. The van der Waals surface area contributed by atoms with Crippen LogP contribution in [0.4, 0.5) is 13.2 Å². The van der Waals surface area contributed by atoms with Crippen LogP contribution in [0.15, 0.2) is 24.3 Å². The van der Waals surface area contributed by atoms with Gasteiger partial charge in [-0.2, -0.15) is 43.5 Å². The van der Waals surface area contributed by atoms with Crippen LogP contribution in [0.25, 0.3) is 0 Å². The summed E-state index contributed by atoms with van der Waals surface area (Å²) in [6.07, 6.45) is -4.24. The van der Waals surface area contributed by atoms with Crippen LogP contribution in [0.5, 0.6) is 0 Å². The molecule has 12 heavy (non-hydrogen) atoms. The Hall–Kier alpha value is 0.363. The molecule has 0 atom stereocenters. The topological polar surface area (TPSA) is 0 Å². The van der Waals surface area contributed by atoms with Gasteiger partial charge in [0.15, 0.2) is 0 Å². The van der Waals surface area contributed by atoms with Crippen LogP contribution < -0.4 is 24.0 Å². The smallest absolute Gasteiger partial charge is 1.00 e. The van der Waals surface area contributed by atoms with Gasteiger partial charge in [0.05, 0.1) is 0 Å². The number of hydrogen-bond donors (Lipinski definition) is 0. The van der Waals surface area contributed by atoms with Crippen molar-refractivity contribution in [1.29, 1.82) is 0 Å². The predicted octanol–water partition coefficient (Wildman–Crippen LogP) is -0.493. The van der Waals surface area contributed by atoms with Gasteiger partial charge in [0.2, 0.25) is 0 Å². The molecule has 0 spiro atoms. The maximum absolute atomic E-state index is 11.8. The Bertz CT molecular complexity index is 210. The van der Waals surface area contributed by atoms with Crippen molar-refractivity contribution in [3.63, 3.8) is 0 Å². The maximum atomic E-state index is 11.8. The number of hydrogen-bond acceptors (Lipinski definition) is 0. The van der Waals surface area contributed by atoms with E-state index in [4.69, 9.17) is 0 Å². The van der Waals surface area contributed by atoms with Crippen molar-refractivity contribution in [2.45, 2.75) is 6.18 Å². The van der Waals surface area contributed by atoms with E-state index in [1.807, 2.05) is 0 Å². The Morgan fingerprint density at radius 3 is 2.08 bits per heavy atom. The summed E-state index contributed by atoms with van der Waals surface area (Å²) >= 11 is 0. The second-order valence-electron chi connectivity index (χ2n) is 1.79. The molecule has 1 aromatic carbocycles. The van der Waals surface area contributed by atoms with Gasteiger partial charge in [-0.15, -0.1) is 0 Å². The summed E-state index contributed by atoms with van der Waals surface area (Å²) < 4.78 is 35.3. The molecule has 0 aliphatic rings. The van der Waals surface area contributed by atoms with Crippen molar-refractivity contribution in [2.75, 3.05) is 0 Å². The van der Waals surface area contributed by atoms with E-state index in [9.17, 15) is 13.2 Å². The summed E-state index contributed by atoms with van der Waals surface area (Å²) in [6.45, 7) is 0. The van der Waals surface area contributed by atoms with Gasteiger partial charge in [-0.05, 0) is 0 Å². The van der Waals surface area contributed by atoms with E-state index in [2.05, 4.69) is 6.07 Å². The summed E-state index contributed by atoms with van der Waals surface area (Å²) in [5.41, 5.74) is -0.657. The summed E-state index contributed by atoms with van der Waals surface area (Å²) in [5.74, 6) is 0. The normalized spacial score (nSPS) is 9.58. The van der Waals surface area contributed by atoms with Crippen molar-refractivity contribution in [2.24, 2.45) is 0 Å². The van der Waals surface area contributed by atoms with Crippen molar-refractivity contribution < 1.29 is 56.6 Å². The van der Waals surface area contributed by atoms with Gasteiger partial charge >= 0.3 is 25.7 Å². The first-order valence-electron chi connectivity index (χ1n) is 2.64. The molecule has 1 rings (SSSR count). The van der Waals surface area contributed by atoms with E-state index in [1.54, 1.807) is 0 Å². The van der Waals surface area contributed by atoms with Crippen molar-refractivity contribution >= 4 is 0 Å².